The Morgan fingerprint density at radius 3 is 2.52 bits per heavy atom. The number of benzene rings is 2. The summed E-state index contributed by atoms with van der Waals surface area (Å²) in [5.74, 6) is -0.378. The molecule has 0 saturated carbocycles. The summed E-state index contributed by atoms with van der Waals surface area (Å²) < 4.78 is 6.77. The molecule has 160 valence electrons. The Labute approximate surface area is 181 Å². The van der Waals surface area contributed by atoms with Gasteiger partial charge in [0.05, 0.1) is 24.9 Å². The van der Waals surface area contributed by atoms with Crippen molar-refractivity contribution in [2.24, 2.45) is 5.92 Å². The minimum atomic E-state index is -0.412. The average molecular weight is 418 g/mol. The largest absolute Gasteiger partial charge is 0.465 e. The second-order valence-corrected chi connectivity index (χ2v) is 7.88. The molecule has 31 heavy (non-hydrogen) atoms. The van der Waals surface area contributed by atoms with Gasteiger partial charge in [-0.3, -0.25) is 4.79 Å². The number of rotatable bonds is 4. The molecule has 7 nitrogen and oxygen atoms in total. The van der Waals surface area contributed by atoms with Gasteiger partial charge in [-0.15, -0.1) is 5.10 Å². The number of amides is 1. The summed E-state index contributed by atoms with van der Waals surface area (Å²) in [6.45, 7) is 5.78. The molecule has 0 saturated heterocycles. The predicted molar refractivity (Wildman–Crippen MR) is 118 cm³/mol. The van der Waals surface area contributed by atoms with Gasteiger partial charge in [0.2, 0.25) is 5.91 Å². The number of ether oxygens (including phenoxy) is 1. The number of hydrogen-bond donors (Lipinski definition) is 0. The summed E-state index contributed by atoms with van der Waals surface area (Å²) in [7, 11) is 1.36. The number of esters is 1. The molecule has 1 aliphatic heterocycles. The molecule has 1 amide bonds. The van der Waals surface area contributed by atoms with Crippen LogP contribution in [0, 0.1) is 5.92 Å². The van der Waals surface area contributed by atoms with Crippen LogP contribution in [-0.4, -0.2) is 40.0 Å². The molecule has 3 atom stereocenters. The van der Waals surface area contributed by atoms with Crippen molar-refractivity contribution >= 4 is 17.6 Å². The standard InChI is InChI=1S/C24H26N4O3/c1-5-21-15(2)23(27-14-20(25-26-27)17-9-7-6-8-10-17)19-13-18(24(30)31-4)11-12-22(19)28(21)16(3)29/h6-15,21,23H,5H2,1-4H3/t15-,21-,23+/m0/s1. The van der Waals surface area contributed by atoms with Crippen LogP contribution >= 0.6 is 0 Å². The summed E-state index contributed by atoms with van der Waals surface area (Å²) in [4.78, 5) is 26.6. The third-order valence-electron chi connectivity index (χ3n) is 6.09. The number of methoxy groups -OCH3 is 1. The van der Waals surface area contributed by atoms with Crippen molar-refractivity contribution in [2.75, 3.05) is 12.0 Å². The molecule has 0 N–H and O–H groups in total. The second-order valence-electron chi connectivity index (χ2n) is 7.88. The molecule has 4 rings (SSSR count). The van der Waals surface area contributed by atoms with E-state index in [2.05, 4.69) is 24.2 Å². The average Bonchev–Trinajstić information content (AvgIpc) is 3.27. The third-order valence-corrected chi connectivity index (χ3v) is 6.09. The van der Waals surface area contributed by atoms with Crippen LogP contribution in [0.3, 0.4) is 0 Å². The van der Waals surface area contributed by atoms with E-state index in [1.165, 1.54) is 7.11 Å². The van der Waals surface area contributed by atoms with Crippen molar-refractivity contribution in [3.05, 3.63) is 65.9 Å². The molecule has 0 unspecified atom stereocenters. The topological polar surface area (TPSA) is 77.3 Å². The number of hydrogen-bond acceptors (Lipinski definition) is 5. The van der Waals surface area contributed by atoms with Crippen molar-refractivity contribution in [1.29, 1.82) is 0 Å². The van der Waals surface area contributed by atoms with Gasteiger partial charge in [0.1, 0.15) is 5.69 Å². The second kappa shape index (κ2) is 8.34. The summed E-state index contributed by atoms with van der Waals surface area (Å²) in [6, 6.07) is 15.1. The third kappa shape index (κ3) is 3.60. The van der Waals surface area contributed by atoms with Gasteiger partial charge in [-0.1, -0.05) is 49.4 Å². The molecule has 0 spiro atoms. The molecule has 0 radical (unpaired) electrons. The van der Waals surface area contributed by atoms with Gasteiger partial charge in [-0.2, -0.15) is 0 Å². The molecular weight excluding hydrogens is 392 g/mol. The zero-order chi connectivity index (χ0) is 22.1. The summed E-state index contributed by atoms with van der Waals surface area (Å²) in [5.41, 5.74) is 3.87. The van der Waals surface area contributed by atoms with Crippen LogP contribution in [0.4, 0.5) is 5.69 Å². The fourth-order valence-electron chi connectivity index (χ4n) is 4.66. The smallest absolute Gasteiger partial charge is 0.337 e. The first-order valence-electron chi connectivity index (χ1n) is 10.5. The van der Waals surface area contributed by atoms with Crippen LogP contribution in [0.25, 0.3) is 11.3 Å². The van der Waals surface area contributed by atoms with Crippen LogP contribution in [-0.2, 0) is 9.53 Å². The minimum Gasteiger partial charge on any atom is -0.465 e. The number of carbonyl (C=O) groups excluding carboxylic acids is 2. The van der Waals surface area contributed by atoms with E-state index in [4.69, 9.17) is 4.74 Å². The lowest BCUT2D eigenvalue weighted by Crippen LogP contribution is -2.49. The normalized spacial score (nSPS) is 20.3. The zero-order valence-electron chi connectivity index (χ0n) is 18.1. The number of nitrogens with zero attached hydrogens (tertiary/aromatic N) is 4. The summed E-state index contributed by atoms with van der Waals surface area (Å²) in [6.07, 6.45) is 2.73. The van der Waals surface area contributed by atoms with E-state index in [9.17, 15) is 9.59 Å². The van der Waals surface area contributed by atoms with Crippen molar-refractivity contribution in [1.82, 2.24) is 15.0 Å². The molecule has 7 heteroatoms. The first-order valence-corrected chi connectivity index (χ1v) is 10.5. The highest BCUT2D eigenvalue weighted by molar-refractivity contribution is 5.96. The fourth-order valence-corrected chi connectivity index (χ4v) is 4.66. The van der Waals surface area contributed by atoms with E-state index < -0.39 is 5.97 Å². The van der Waals surface area contributed by atoms with Crippen LogP contribution < -0.4 is 4.90 Å². The highest BCUT2D eigenvalue weighted by Crippen LogP contribution is 2.44. The highest BCUT2D eigenvalue weighted by atomic mass is 16.5. The SMILES string of the molecule is CC[C@H]1[C@H](C)[C@@H](n2cc(-c3ccccc3)nn2)c2cc(C(=O)OC)ccc2N1C(C)=O. The maximum absolute atomic E-state index is 12.6. The van der Waals surface area contributed by atoms with Crippen LogP contribution in [0.1, 0.15) is 49.2 Å². The van der Waals surface area contributed by atoms with Crippen LogP contribution in [0.2, 0.25) is 0 Å². The molecule has 0 bridgehead atoms. The first-order chi connectivity index (χ1) is 15.0. The Balaban J connectivity index is 1.87. The predicted octanol–water partition coefficient (Wildman–Crippen LogP) is 4.10. The van der Waals surface area contributed by atoms with E-state index in [0.717, 1.165) is 28.9 Å². The molecule has 2 heterocycles. The minimum absolute atomic E-state index is 0.00310. The molecule has 2 aromatic carbocycles. The Hall–Kier alpha value is -3.48. The molecular formula is C24H26N4O3. The maximum Gasteiger partial charge on any atom is 0.337 e. The molecule has 0 fully saturated rings. The molecule has 0 aliphatic carbocycles. The van der Waals surface area contributed by atoms with Crippen molar-refractivity contribution < 1.29 is 14.3 Å². The van der Waals surface area contributed by atoms with Gasteiger partial charge in [-0.05, 0) is 24.6 Å². The lowest BCUT2D eigenvalue weighted by atomic mass is 9.80. The monoisotopic (exact) mass is 418 g/mol. The number of aromatic nitrogens is 3. The van der Waals surface area contributed by atoms with Gasteiger partial charge < -0.3 is 9.64 Å². The fraction of sp³-hybridized carbons (Fsp3) is 0.333. The van der Waals surface area contributed by atoms with Crippen molar-refractivity contribution in [3.63, 3.8) is 0 Å². The van der Waals surface area contributed by atoms with Crippen molar-refractivity contribution in [2.45, 2.75) is 39.3 Å². The molecule has 1 aliphatic rings. The lowest BCUT2D eigenvalue weighted by molar-refractivity contribution is -0.117. The van der Waals surface area contributed by atoms with Crippen LogP contribution in [0.5, 0.6) is 0 Å². The Bertz CT molecular complexity index is 1110. The van der Waals surface area contributed by atoms with Gasteiger partial charge >= 0.3 is 5.97 Å². The molecule has 1 aromatic heterocycles. The van der Waals surface area contributed by atoms with E-state index >= 15 is 0 Å². The lowest BCUT2D eigenvalue weighted by Gasteiger charge is -2.44. The Morgan fingerprint density at radius 2 is 1.87 bits per heavy atom. The highest BCUT2D eigenvalue weighted by Gasteiger charge is 2.41. The summed E-state index contributed by atoms with van der Waals surface area (Å²) in [5, 5.41) is 8.83. The maximum atomic E-state index is 12.6. The Morgan fingerprint density at radius 1 is 1.13 bits per heavy atom. The Kier molecular flexibility index (Phi) is 5.59. The number of anilines is 1. The van der Waals surface area contributed by atoms with Gasteiger partial charge in [-0.25, -0.2) is 9.48 Å². The van der Waals surface area contributed by atoms with E-state index in [-0.39, 0.29) is 23.9 Å². The summed E-state index contributed by atoms with van der Waals surface area (Å²) >= 11 is 0. The first kappa shape index (κ1) is 20.8. The van der Waals surface area contributed by atoms with Crippen molar-refractivity contribution in [3.8, 4) is 11.3 Å². The number of carbonyl (C=O) groups is 2. The van der Waals surface area contributed by atoms with Gasteiger partial charge in [0.15, 0.2) is 0 Å². The van der Waals surface area contributed by atoms with E-state index in [1.807, 2.05) is 58.2 Å². The molecule has 3 aromatic rings. The zero-order valence-corrected chi connectivity index (χ0v) is 18.1. The van der Waals surface area contributed by atoms with Gasteiger partial charge in [0, 0.05) is 35.7 Å². The van der Waals surface area contributed by atoms with Gasteiger partial charge in [0.25, 0.3) is 0 Å². The van der Waals surface area contributed by atoms with E-state index in [0.29, 0.717) is 5.56 Å². The number of fused-ring (bicyclic) bond motifs is 1. The quantitative estimate of drug-likeness (QED) is 0.596. The van der Waals surface area contributed by atoms with Crippen LogP contribution in [0.15, 0.2) is 54.7 Å². The van der Waals surface area contributed by atoms with E-state index in [1.54, 1.807) is 13.0 Å².